The average Bonchev–Trinajstić information content (AvgIpc) is 3.31. The van der Waals surface area contributed by atoms with E-state index in [1.165, 1.54) is 0 Å². The topological polar surface area (TPSA) is 166 Å². The van der Waals surface area contributed by atoms with Gasteiger partial charge in [0.25, 0.3) is 11.8 Å². The maximum atomic E-state index is 13.0. The van der Waals surface area contributed by atoms with Crippen molar-refractivity contribution >= 4 is 35.7 Å². The molecule has 5 rings (SSSR count). The van der Waals surface area contributed by atoms with Crippen LogP contribution in [0.4, 0.5) is 9.59 Å². The van der Waals surface area contributed by atoms with Gasteiger partial charge in [0.15, 0.2) is 0 Å². The van der Waals surface area contributed by atoms with Crippen LogP contribution in [0, 0.1) is 11.3 Å². The Morgan fingerprint density at radius 2 is 1.78 bits per heavy atom. The highest BCUT2D eigenvalue weighted by atomic mass is 16.2. The lowest BCUT2D eigenvalue weighted by molar-refractivity contribution is -0.138. The molecule has 2 spiro atoms. The monoisotopic (exact) mass is 446 g/mol. The van der Waals surface area contributed by atoms with E-state index in [9.17, 15) is 28.8 Å². The minimum Gasteiger partial charge on any atom is -0.354 e. The van der Waals surface area contributed by atoms with Crippen molar-refractivity contribution in [2.45, 2.75) is 62.6 Å². The Bertz CT molecular complexity index is 924. The van der Waals surface area contributed by atoms with Crippen molar-refractivity contribution in [2.75, 3.05) is 13.1 Å². The van der Waals surface area contributed by atoms with E-state index in [2.05, 4.69) is 26.6 Å². The number of hydrogen-bond donors (Lipinski definition) is 5. The Hall–Kier alpha value is -3.18. The molecule has 5 fully saturated rings. The van der Waals surface area contributed by atoms with Crippen LogP contribution in [0.25, 0.3) is 0 Å². The lowest BCUT2D eigenvalue weighted by Gasteiger charge is -2.41. The lowest BCUT2D eigenvalue weighted by atomic mass is 9.67. The molecule has 8 amide bonds. The van der Waals surface area contributed by atoms with Crippen molar-refractivity contribution in [3.63, 3.8) is 0 Å². The van der Waals surface area contributed by atoms with Crippen LogP contribution < -0.4 is 26.6 Å². The van der Waals surface area contributed by atoms with Crippen LogP contribution in [-0.2, 0) is 19.2 Å². The molecule has 0 aromatic heterocycles. The van der Waals surface area contributed by atoms with Gasteiger partial charge in [-0.3, -0.25) is 29.8 Å². The first-order chi connectivity index (χ1) is 15.2. The molecule has 5 N–H and O–H groups in total. The zero-order valence-corrected chi connectivity index (χ0v) is 17.5. The van der Waals surface area contributed by atoms with Crippen LogP contribution >= 0.6 is 0 Å². The number of rotatable bonds is 5. The first-order valence-corrected chi connectivity index (χ1v) is 11.0. The SMILES string of the molecule is O=C1NC(=O)C(CC(=O)N2CC3(CCC3)CC2CNC(=O)C2CC3(C2)NC(=O)NC3=O)N1. The van der Waals surface area contributed by atoms with E-state index in [0.717, 1.165) is 25.7 Å². The van der Waals surface area contributed by atoms with Crippen molar-refractivity contribution in [3.05, 3.63) is 0 Å². The molecule has 5 aliphatic rings. The summed E-state index contributed by atoms with van der Waals surface area (Å²) < 4.78 is 0. The molecule has 3 aliphatic heterocycles. The number of carbonyl (C=O) groups is 6. The summed E-state index contributed by atoms with van der Waals surface area (Å²) in [4.78, 5) is 73.8. The predicted molar refractivity (Wildman–Crippen MR) is 107 cm³/mol. The Balaban J connectivity index is 1.17. The molecule has 0 aromatic carbocycles. The van der Waals surface area contributed by atoms with Gasteiger partial charge in [-0.15, -0.1) is 0 Å². The van der Waals surface area contributed by atoms with Crippen molar-refractivity contribution < 1.29 is 28.8 Å². The molecule has 172 valence electrons. The number of hydrogen-bond acceptors (Lipinski definition) is 6. The molecule has 3 heterocycles. The van der Waals surface area contributed by atoms with Gasteiger partial charge in [0.05, 0.1) is 6.42 Å². The highest BCUT2D eigenvalue weighted by Crippen LogP contribution is 2.50. The Labute approximate surface area is 183 Å². The molecule has 3 saturated heterocycles. The third-order valence-electron chi connectivity index (χ3n) is 7.67. The Morgan fingerprint density at radius 1 is 1.03 bits per heavy atom. The van der Waals surface area contributed by atoms with E-state index < -0.39 is 35.5 Å². The molecule has 2 unspecified atom stereocenters. The van der Waals surface area contributed by atoms with Gasteiger partial charge in [0.2, 0.25) is 11.8 Å². The number of nitrogens with one attached hydrogen (secondary N) is 5. The summed E-state index contributed by atoms with van der Waals surface area (Å²) >= 11 is 0. The van der Waals surface area contributed by atoms with Crippen LogP contribution in [0.1, 0.15) is 44.9 Å². The fraction of sp³-hybridized carbons (Fsp3) is 0.700. The lowest BCUT2D eigenvalue weighted by Crippen LogP contribution is -2.60. The second-order valence-corrected chi connectivity index (χ2v) is 9.79. The van der Waals surface area contributed by atoms with Crippen LogP contribution in [0.5, 0.6) is 0 Å². The molecule has 2 saturated carbocycles. The number of urea groups is 2. The summed E-state index contributed by atoms with van der Waals surface area (Å²) in [6.07, 6.45) is 4.35. The first kappa shape index (κ1) is 20.7. The molecular formula is C20H26N6O6. The summed E-state index contributed by atoms with van der Waals surface area (Å²) in [6, 6.07) is -2.19. The summed E-state index contributed by atoms with van der Waals surface area (Å²) in [7, 11) is 0. The van der Waals surface area contributed by atoms with Gasteiger partial charge >= 0.3 is 12.1 Å². The predicted octanol–water partition coefficient (Wildman–Crippen LogP) is -1.54. The van der Waals surface area contributed by atoms with Gasteiger partial charge in [-0.05, 0) is 37.5 Å². The zero-order chi connectivity index (χ0) is 22.7. The van der Waals surface area contributed by atoms with Gasteiger partial charge in [0, 0.05) is 25.0 Å². The molecule has 0 aromatic rings. The summed E-state index contributed by atoms with van der Waals surface area (Å²) in [5.74, 6) is -1.70. The maximum absolute atomic E-state index is 13.0. The van der Waals surface area contributed by atoms with E-state index in [-0.39, 0.29) is 55.0 Å². The summed E-state index contributed by atoms with van der Waals surface area (Å²) in [6.45, 7) is 0.880. The van der Waals surface area contributed by atoms with E-state index >= 15 is 0 Å². The third kappa shape index (κ3) is 3.37. The fourth-order valence-electron chi connectivity index (χ4n) is 5.72. The Morgan fingerprint density at radius 3 is 2.34 bits per heavy atom. The minimum atomic E-state index is -0.975. The van der Waals surface area contributed by atoms with Gasteiger partial charge in [-0.2, -0.15) is 0 Å². The second kappa shape index (κ2) is 7.17. The van der Waals surface area contributed by atoms with Crippen molar-refractivity contribution in [3.8, 4) is 0 Å². The number of imide groups is 2. The van der Waals surface area contributed by atoms with Crippen LogP contribution in [-0.4, -0.2) is 71.3 Å². The molecule has 12 heteroatoms. The van der Waals surface area contributed by atoms with Crippen molar-refractivity contribution in [1.82, 2.24) is 31.5 Å². The van der Waals surface area contributed by atoms with E-state index in [1.54, 1.807) is 4.90 Å². The number of nitrogens with zero attached hydrogens (tertiary/aromatic N) is 1. The zero-order valence-electron chi connectivity index (χ0n) is 17.5. The molecule has 2 atom stereocenters. The smallest absolute Gasteiger partial charge is 0.322 e. The molecule has 2 aliphatic carbocycles. The third-order valence-corrected chi connectivity index (χ3v) is 7.67. The van der Waals surface area contributed by atoms with Crippen LogP contribution in [0.2, 0.25) is 0 Å². The number of likely N-dealkylation sites (tertiary alicyclic amines) is 1. The highest BCUT2D eigenvalue weighted by molar-refractivity contribution is 6.08. The van der Waals surface area contributed by atoms with Crippen molar-refractivity contribution in [1.29, 1.82) is 0 Å². The minimum absolute atomic E-state index is 0.0684. The molecule has 0 radical (unpaired) electrons. The average molecular weight is 446 g/mol. The number of amides is 8. The van der Waals surface area contributed by atoms with Crippen LogP contribution in [0.3, 0.4) is 0 Å². The maximum Gasteiger partial charge on any atom is 0.322 e. The van der Waals surface area contributed by atoms with E-state index in [4.69, 9.17) is 0 Å². The van der Waals surface area contributed by atoms with Gasteiger partial charge in [-0.25, -0.2) is 9.59 Å². The normalized spacial score (nSPS) is 34.5. The largest absolute Gasteiger partial charge is 0.354 e. The van der Waals surface area contributed by atoms with E-state index in [1.807, 2.05) is 0 Å². The molecule has 32 heavy (non-hydrogen) atoms. The standard InChI is InChI=1S/C20H26N6O6/c27-13(4-12-15(29)23-17(31)22-12)26-9-19(2-1-3-19)7-11(26)8-21-14(28)10-5-20(6-10)16(30)24-18(32)25-20/h10-12H,1-9H2,(H,21,28)(H2,22,23,29,31)(H2,24,25,30,32). The van der Waals surface area contributed by atoms with Gasteiger partial charge in [0.1, 0.15) is 11.6 Å². The van der Waals surface area contributed by atoms with Crippen LogP contribution in [0.15, 0.2) is 0 Å². The molecular weight excluding hydrogens is 420 g/mol. The summed E-state index contributed by atoms with van der Waals surface area (Å²) in [5, 5.41) is 12.3. The van der Waals surface area contributed by atoms with Crippen molar-refractivity contribution in [2.24, 2.45) is 11.3 Å². The quantitative estimate of drug-likeness (QED) is 0.321. The first-order valence-electron chi connectivity index (χ1n) is 11.0. The highest BCUT2D eigenvalue weighted by Gasteiger charge is 2.57. The number of carbonyl (C=O) groups excluding carboxylic acids is 6. The molecule has 0 bridgehead atoms. The summed E-state index contributed by atoms with van der Waals surface area (Å²) in [5.41, 5.74) is -0.907. The second-order valence-electron chi connectivity index (χ2n) is 9.79. The van der Waals surface area contributed by atoms with Gasteiger partial charge < -0.3 is 20.9 Å². The van der Waals surface area contributed by atoms with E-state index in [0.29, 0.717) is 6.54 Å². The Kier molecular flexibility index (Phi) is 4.64. The van der Waals surface area contributed by atoms with Gasteiger partial charge in [-0.1, -0.05) is 6.42 Å². The fourth-order valence-corrected chi connectivity index (χ4v) is 5.72. The molecule has 12 nitrogen and oxygen atoms in total.